The van der Waals surface area contributed by atoms with Crippen molar-refractivity contribution in [1.82, 2.24) is 15.0 Å². The van der Waals surface area contributed by atoms with Crippen LogP contribution in [0.3, 0.4) is 0 Å². The molecule has 0 saturated heterocycles. The molecule has 2 aromatic heterocycles. The molecule has 4 rings (SSSR count). The van der Waals surface area contributed by atoms with Crippen molar-refractivity contribution in [1.29, 1.82) is 0 Å². The molecule has 0 unspecified atom stereocenters. The Hall–Kier alpha value is -4.21. The number of primary amides is 1. The maximum atomic E-state index is 13.4. The van der Waals surface area contributed by atoms with E-state index in [4.69, 9.17) is 10.5 Å². The SMILES string of the molecule is NC(=O)c1cc(-c2ccc(OCc3ccc4nccnc4c3)cc2)c(C(F)(F)F)[nH]c1=O. The van der Waals surface area contributed by atoms with Crippen molar-refractivity contribution >= 4 is 16.9 Å². The summed E-state index contributed by atoms with van der Waals surface area (Å²) in [7, 11) is 0. The number of benzene rings is 2. The van der Waals surface area contributed by atoms with Gasteiger partial charge < -0.3 is 15.5 Å². The number of nitrogens with one attached hydrogen (secondary N) is 1. The van der Waals surface area contributed by atoms with E-state index in [1.54, 1.807) is 17.4 Å². The Kier molecular flexibility index (Phi) is 5.35. The average molecular weight is 440 g/mol. The predicted molar refractivity (Wildman–Crippen MR) is 110 cm³/mol. The fraction of sp³-hybridized carbons (Fsp3) is 0.0909. The number of halogens is 3. The van der Waals surface area contributed by atoms with Gasteiger partial charge in [-0.05, 0) is 41.5 Å². The highest BCUT2D eigenvalue weighted by Gasteiger charge is 2.36. The van der Waals surface area contributed by atoms with Crippen LogP contribution in [0, 0.1) is 0 Å². The van der Waals surface area contributed by atoms with Gasteiger partial charge in [-0.3, -0.25) is 19.6 Å². The Morgan fingerprint density at radius 2 is 1.69 bits per heavy atom. The van der Waals surface area contributed by atoms with E-state index in [-0.39, 0.29) is 17.7 Å². The molecule has 0 bridgehead atoms. The third-order valence-corrected chi connectivity index (χ3v) is 4.69. The van der Waals surface area contributed by atoms with Crippen LogP contribution in [0.2, 0.25) is 0 Å². The van der Waals surface area contributed by atoms with Crippen LogP contribution in [0.25, 0.3) is 22.2 Å². The number of aromatic amines is 1. The quantitative estimate of drug-likeness (QED) is 0.492. The van der Waals surface area contributed by atoms with Crippen LogP contribution in [0.5, 0.6) is 5.75 Å². The van der Waals surface area contributed by atoms with Gasteiger partial charge in [0.25, 0.3) is 11.5 Å². The maximum absolute atomic E-state index is 13.4. The summed E-state index contributed by atoms with van der Waals surface area (Å²) in [5.74, 6) is -0.706. The van der Waals surface area contributed by atoms with Crippen LogP contribution in [-0.4, -0.2) is 20.9 Å². The second-order valence-electron chi connectivity index (χ2n) is 6.86. The lowest BCUT2D eigenvalue weighted by Crippen LogP contribution is -2.27. The molecule has 4 aromatic rings. The van der Waals surface area contributed by atoms with Crippen LogP contribution in [0.1, 0.15) is 21.6 Å². The lowest BCUT2D eigenvalue weighted by atomic mass is 10.0. The van der Waals surface area contributed by atoms with Crippen molar-refractivity contribution in [3.63, 3.8) is 0 Å². The summed E-state index contributed by atoms with van der Waals surface area (Å²) >= 11 is 0. The number of hydrogen-bond donors (Lipinski definition) is 2. The van der Waals surface area contributed by atoms with Crippen molar-refractivity contribution in [2.45, 2.75) is 12.8 Å². The number of hydrogen-bond acceptors (Lipinski definition) is 5. The van der Waals surface area contributed by atoms with Crippen LogP contribution < -0.4 is 16.0 Å². The molecule has 0 aliphatic rings. The third-order valence-electron chi connectivity index (χ3n) is 4.69. The zero-order valence-corrected chi connectivity index (χ0v) is 16.3. The standard InChI is InChI=1S/C22H15F3N4O3/c23-22(24,25)19-15(10-16(20(26)30)21(31)29-19)13-2-4-14(5-3-13)32-11-12-1-6-17-18(9-12)28-8-7-27-17/h1-10H,11H2,(H2,26,30)(H,29,31). The molecule has 3 N–H and O–H groups in total. The molecule has 0 fully saturated rings. The Balaban J connectivity index is 1.59. The molecule has 0 atom stereocenters. The zero-order valence-electron chi connectivity index (χ0n) is 16.3. The van der Waals surface area contributed by atoms with Crippen molar-refractivity contribution in [2.75, 3.05) is 0 Å². The highest BCUT2D eigenvalue weighted by molar-refractivity contribution is 5.94. The summed E-state index contributed by atoms with van der Waals surface area (Å²) in [4.78, 5) is 33.3. The zero-order chi connectivity index (χ0) is 22.9. The fourth-order valence-electron chi connectivity index (χ4n) is 3.16. The predicted octanol–water partition coefficient (Wildman–Crippen LogP) is 3.68. The minimum absolute atomic E-state index is 0.129. The molecule has 0 aliphatic heterocycles. The van der Waals surface area contributed by atoms with E-state index in [9.17, 15) is 22.8 Å². The van der Waals surface area contributed by atoms with Gasteiger partial charge in [-0.1, -0.05) is 18.2 Å². The van der Waals surface area contributed by atoms with E-state index in [0.29, 0.717) is 11.3 Å². The number of alkyl halides is 3. The molecule has 1 amide bonds. The Morgan fingerprint density at radius 3 is 2.34 bits per heavy atom. The first-order chi connectivity index (χ1) is 15.2. The minimum atomic E-state index is -4.83. The highest BCUT2D eigenvalue weighted by atomic mass is 19.4. The first kappa shape index (κ1) is 21.0. The van der Waals surface area contributed by atoms with Gasteiger partial charge in [-0.15, -0.1) is 0 Å². The number of carbonyl (C=O) groups is 1. The van der Waals surface area contributed by atoms with Gasteiger partial charge in [0.05, 0.1) is 11.0 Å². The number of H-pyrrole nitrogens is 1. The van der Waals surface area contributed by atoms with E-state index in [1.165, 1.54) is 24.3 Å². The van der Waals surface area contributed by atoms with Crippen molar-refractivity contribution in [2.24, 2.45) is 5.73 Å². The largest absolute Gasteiger partial charge is 0.489 e. The number of fused-ring (bicyclic) bond motifs is 1. The van der Waals surface area contributed by atoms with Crippen LogP contribution in [0.4, 0.5) is 13.2 Å². The van der Waals surface area contributed by atoms with Gasteiger partial charge in [0.15, 0.2) is 0 Å². The maximum Gasteiger partial charge on any atom is 0.431 e. The molecular weight excluding hydrogens is 425 g/mol. The molecule has 2 heterocycles. The summed E-state index contributed by atoms with van der Waals surface area (Å²) in [6.45, 7) is 0.212. The van der Waals surface area contributed by atoms with Gasteiger partial charge >= 0.3 is 6.18 Å². The molecule has 162 valence electrons. The summed E-state index contributed by atoms with van der Waals surface area (Å²) in [6.07, 6.45) is -1.65. The smallest absolute Gasteiger partial charge is 0.431 e. The number of amides is 1. The number of rotatable bonds is 5. The number of nitrogens with zero attached hydrogens (tertiary/aromatic N) is 2. The Bertz CT molecular complexity index is 1370. The number of pyridine rings is 1. The topological polar surface area (TPSA) is 111 Å². The summed E-state index contributed by atoms with van der Waals surface area (Å²) in [5.41, 5.74) is 4.14. The molecule has 0 radical (unpaired) electrons. The van der Waals surface area contributed by atoms with Gasteiger partial charge in [-0.25, -0.2) is 0 Å². The molecule has 0 aliphatic carbocycles. The van der Waals surface area contributed by atoms with Gasteiger partial charge in [0.2, 0.25) is 0 Å². The van der Waals surface area contributed by atoms with Crippen molar-refractivity contribution in [3.8, 4) is 16.9 Å². The highest BCUT2D eigenvalue weighted by Crippen LogP contribution is 2.35. The summed E-state index contributed by atoms with van der Waals surface area (Å²) in [6, 6.07) is 12.1. The first-order valence-electron chi connectivity index (χ1n) is 9.29. The molecule has 0 spiro atoms. The number of nitrogens with two attached hydrogens (primary N) is 1. The third kappa shape index (κ3) is 4.29. The molecule has 32 heavy (non-hydrogen) atoms. The van der Waals surface area contributed by atoms with E-state index < -0.39 is 28.9 Å². The monoisotopic (exact) mass is 440 g/mol. The molecule has 2 aromatic carbocycles. The Labute approximate surface area is 178 Å². The second kappa shape index (κ2) is 8.14. The average Bonchev–Trinajstić information content (AvgIpc) is 2.77. The Morgan fingerprint density at radius 1 is 1.00 bits per heavy atom. The van der Waals surface area contributed by atoms with Crippen LogP contribution in [0.15, 0.2) is 65.7 Å². The number of ether oxygens (including phenoxy) is 1. The molecular formula is C22H15F3N4O3. The van der Waals surface area contributed by atoms with Gasteiger partial charge in [0.1, 0.15) is 23.6 Å². The van der Waals surface area contributed by atoms with Gasteiger partial charge in [0, 0.05) is 18.0 Å². The number of aromatic nitrogens is 3. The van der Waals surface area contributed by atoms with E-state index in [0.717, 1.165) is 17.1 Å². The molecule has 0 saturated carbocycles. The summed E-state index contributed by atoms with van der Waals surface area (Å²) < 4.78 is 46.0. The second-order valence-corrected chi connectivity index (χ2v) is 6.86. The van der Waals surface area contributed by atoms with E-state index in [1.807, 2.05) is 18.2 Å². The van der Waals surface area contributed by atoms with E-state index in [2.05, 4.69) is 9.97 Å². The van der Waals surface area contributed by atoms with Crippen LogP contribution in [-0.2, 0) is 12.8 Å². The lowest BCUT2D eigenvalue weighted by molar-refractivity contribution is -0.140. The van der Waals surface area contributed by atoms with Crippen LogP contribution >= 0.6 is 0 Å². The number of carbonyl (C=O) groups excluding carboxylic acids is 1. The van der Waals surface area contributed by atoms with E-state index >= 15 is 0 Å². The fourth-order valence-corrected chi connectivity index (χ4v) is 3.16. The first-order valence-corrected chi connectivity index (χ1v) is 9.29. The molecule has 7 nitrogen and oxygen atoms in total. The lowest BCUT2D eigenvalue weighted by Gasteiger charge is -2.14. The summed E-state index contributed by atoms with van der Waals surface area (Å²) in [5, 5.41) is 0. The normalized spacial score (nSPS) is 11.5. The molecule has 10 heteroatoms. The minimum Gasteiger partial charge on any atom is -0.489 e. The van der Waals surface area contributed by atoms with Crippen molar-refractivity contribution < 1.29 is 22.7 Å². The van der Waals surface area contributed by atoms with Gasteiger partial charge in [-0.2, -0.15) is 13.2 Å². The van der Waals surface area contributed by atoms with Crippen molar-refractivity contribution in [3.05, 3.63) is 88.1 Å².